The monoisotopic (exact) mass is 392 g/mol. The van der Waals surface area contributed by atoms with E-state index in [-0.39, 0.29) is 18.2 Å². The first-order chi connectivity index (χ1) is 14.0. The van der Waals surface area contributed by atoms with Crippen molar-refractivity contribution in [2.24, 2.45) is 5.10 Å². The van der Waals surface area contributed by atoms with E-state index in [0.29, 0.717) is 30.1 Å². The van der Waals surface area contributed by atoms with Crippen molar-refractivity contribution in [1.29, 1.82) is 5.26 Å². The van der Waals surface area contributed by atoms with Crippen LogP contribution >= 0.6 is 0 Å². The summed E-state index contributed by atoms with van der Waals surface area (Å²) in [4.78, 5) is 33.3. The number of hydrogen-bond donors (Lipinski definition) is 0. The van der Waals surface area contributed by atoms with Crippen molar-refractivity contribution in [1.82, 2.24) is 5.01 Å². The summed E-state index contributed by atoms with van der Waals surface area (Å²) in [7, 11) is 0. The van der Waals surface area contributed by atoms with E-state index in [2.05, 4.69) is 5.10 Å². The Hall–Kier alpha value is -3.77. The maximum Gasteiger partial charge on any atom is 0.269 e. The number of carbonyl (C=O) groups excluding carboxylic acids is 1. The summed E-state index contributed by atoms with van der Waals surface area (Å²) in [5.74, 6) is 0.218. The van der Waals surface area contributed by atoms with Crippen molar-refractivity contribution in [3.8, 4) is 11.8 Å². The largest absolute Gasteiger partial charge is 0.337 e. The molecule has 0 bridgehead atoms. The summed E-state index contributed by atoms with van der Waals surface area (Å²) >= 11 is 0. The molecule has 29 heavy (non-hydrogen) atoms. The van der Waals surface area contributed by atoms with Gasteiger partial charge in [0, 0.05) is 28.8 Å². The topological polar surface area (TPSA) is 118 Å². The molecular weight excluding hydrogens is 376 g/mol. The molecule has 2 aromatic carbocycles. The summed E-state index contributed by atoms with van der Waals surface area (Å²) in [5.41, 5.74) is 3.64. The lowest BCUT2D eigenvalue weighted by Gasteiger charge is -2.22. The SMILES string of the molecule is CC1Cc2cc3c(cc2C(c2ccc([N+](=O)[O-])cc2)=NN1C(=O)CC#N)COO3. The lowest BCUT2D eigenvalue weighted by molar-refractivity contribution is -0.384. The van der Waals surface area contributed by atoms with Crippen LogP contribution in [0.1, 0.15) is 35.6 Å². The summed E-state index contributed by atoms with van der Waals surface area (Å²) < 4.78 is 0. The van der Waals surface area contributed by atoms with E-state index < -0.39 is 10.8 Å². The van der Waals surface area contributed by atoms with Crippen LogP contribution in [-0.4, -0.2) is 27.6 Å². The smallest absolute Gasteiger partial charge is 0.269 e. The number of hydrogen-bond acceptors (Lipinski definition) is 7. The van der Waals surface area contributed by atoms with E-state index in [1.54, 1.807) is 12.1 Å². The highest BCUT2D eigenvalue weighted by Gasteiger charge is 2.29. The minimum atomic E-state index is -0.473. The molecule has 0 N–H and O–H groups in total. The zero-order valence-corrected chi connectivity index (χ0v) is 15.5. The molecule has 9 heteroatoms. The van der Waals surface area contributed by atoms with Gasteiger partial charge in [0.15, 0.2) is 5.75 Å². The fraction of sp³-hybridized carbons (Fsp3) is 0.250. The first-order valence-corrected chi connectivity index (χ1v) is 8.96. The third kappa shape index (κ3) is 3.41. The Kier molecular flexibility index (Phi) is 4.70. The maximum absolute atomic E-state index is 12.5. The average molecular weight is 392 g/mol. The van der Waals surface area contributed by atoms with E-state index in [0.717, 1.165) is 16.7 Å². The van der Waals surface area contributed by atoms with Crippen LogP contribution in [0.25, 0.3) is 0 Å². The molecule has 2 heterocycles. The number of fused-ring (bicyclic) bond motifs is 2. The quantitative estimate of drug-likeness (QED) is 0.450. The van der Waals surface area contributed by atoms with E-state index in [1.165, 1.54) is 17.1 Å². The minimum Gasteiger partial charge on any atom is -0.337 e. The van der Waals surface area contributed by atoms with Crippen LogP contribution in [0.5, 0.6) is 5.75 Å². The van der Waals surface area contributed by atoms with Gasteiger partial charge in [-0.2, -0.15) is 15.3 Å². The third-order valence-electron chi connectivity index (χ3n) is 4.88. The first kappa shape index (κ1) is 18.6. The van der Waals surface area contributed by atoms with Gasteiger partial charge in [0.05, 0.1) is 22.7 Å². The highest BCUT2D eigenvalue weighted by atomic mass is 17.2. The molecule has 1 amide bonds. The van der Waals surface area contributed by atoms with Gasteiger partial charge in [-0.05, 0) is 43.2 Å². The molecule has 2 aliphatic rings. The standard InChI is InChI=1S/C20H16N4O5/c1-12-8-14-10-18-15(11-28-29-18)9-17(14)20(22-23(12)19(25)6-7-21)13-2-4-16(5-3-13)24(26)27/h2-5,9-10,12H,6,8,11H2,1H3. The van der Waals surface area contributed by atoms with Crippen LogP contribution < -0.4 is 4.89 Å². The molecule has 146 valence electrons. The van der Waals surface area contributed by atoms with Crippen LogP contribution in [0.15, 0.2) is 41.5 Å². The highest BCUT2D eigenvalue weighted by Crippen LogP contribution is 2.34. The van der Waals surface area contributed by atoms with E-state index in [1.807, 2.05) is 25.1 Å². The summed E-state index contributed by atoms with van der Waals surface area (Å²) in [6.45, 7) is 2.15. The number of nitro groups is 1. The predicted octanol–water partition coefficient (Wildman–Crippen LogP) is 2.86. The minimum absolute atomic E-state index is 0.0373. The average Bonchev–Trinajstić information content (AvgIpc) is 3.10. The molecule has 0 fully saturated rings. The lowest BCUT2D eigenvalue weighted by Crippen LogP contribution is -2.35. The Bertz CT molecular complexity index is 1070. The number of hydrazone groups is 1. The molecule has 0 spiro atoms. The Labute approximate surface area is 165 Å². The van der Waals surface area contributed by atoms with Gasteiger partial charge < -0.3 is 4.89 Å². The number of rotatable bonds is 3. The molecule has 0 saturated carbocycles. The van der Waals surface area contributed by atoms with Crippen molar-refractivity contribution in [2.75, 3.05) is 0 Å². The summed E-state index contributed by atoms with van der Waals surface area (Å²) in [6, 6.07) is 11.3. The van der Waals surface area contributed by atoms with Gasteiger partial charge in [-0.1, -0.05) is 0 Å². The molecule has 0 saturated heterocycles. The number of nitro benzene ring substituents is 1. The van der Waals surface area contributed by atoms with Crippen LogP contribution in [0.3, 0.4) is 0 Å². The fourth-order valence-corrected chi connectivity index (χ4v) is 3.47. The summed E-state index contributed by atoms with van der Waals surface area (Å²) in [5, 5.41) is 25.8. The number of nitriles is 1. The van der Waals surface area contributed by atoms with Crippen molar-refractivity contribution in [3.05, 3.63) is 68.8 Å². The van der Waals surface area contributed by atoms with Gasteiger partial charge in [-0.15, -0.1) is 0 Å². The third-order valence-corrected chi connectivity index (χ3v) is 4.88. The Morgan fingerprint density at radius 1 is 1.34 bits per heavy atom. The van der Waals surface area contributed by atoms with Gasteiger partial charge in [0.2, 0.25) is 0 Å². The van der Waals surface area contributed by atoms with Crippen molar-refractivity contribution < 1.29 is 19.5 Å². The molecule has 9 nitrogen and oxygen atoms in total. The van der Waals surface area contributed by atoms with Crippen LogP contribution in [0.4, 0.5) is 5.69 Å². The number of amides is 1. The van der Waals surface area contributed by atoms with Gasteiger partial charge in [-0.3, -0.25) is 14.9 Å². The van der Waals surface area contributed by atoms with Crippen molar-refractivity contribution in [2.45, 2.75) is 32.4 Å². The molecule has 0 aliphatic carbocycles. The molecular formula is C20H16N4O5. The van der Waals surface area contributed by atoms with Gasteiger partial charge in [-0.25, -0.2) is 5.01 Å². The van der Waals surface area contributed by atoms with Crippen molar-refractivity contribution >= 4 is 17.3 Å². The van der Waals surface area contributed by atoms with Crippen LogP contribution in [0.2, 0.25) is 0 Å². The Balaban J connectivity index is 1.87. The molecule has 1 unspecified atom stereocenters. The lowest BCUT2D eigenvalue weighted by atomic mass is 9.92. The van der Waals surface area contributed by atoms with Gasteiger partial charge in [0.25, 0.3) is 11.6 Å². The van der Waals surface area contributed by atoms with Crippen molar-refractivity contribution in [3.63, 3.8) is 0 Å². The van der Waals surface area contributed by atoms with E-state index in [9.17, 15) is 14.9 Å². The fourth-order valence-electron chi connectivity index (χ4n) is 3.47. The summed E-state index contributed by atoms with van der Waals surface area (Å²) in [6.07, 6.45) is 0.217. The molecule has 2 aromatic rings. The van der Waals surface area contributed by atoms with Gasteiger partial charge in [0.1, 0.15) is 13.0 Å². The number of carbonyl (C=O) groups is 1. The van der Waals surface area contributed by atoms with Crippen LogP contribution in [-0.2, 0) is 22.7 Å². The molecule has 1 atom stereocenters. The number of nitrogens with zero attached hydrogens (tertiary/aromatic N) is 4. The molecule has 0 radical (unpaired) electrons. The Morgan fingerprint density at radius 3 is 2.79 bits per heavy atom. The molecule has 4 rings (SSSR count). The van der Waals surface area contributed by atoms with Gasteiger partial charge >= 0.3 is 0 Å². The number of benzene rings is 2. The second-order valence-electron chi connectivity index (χ2n) is 6.84. The van der Waals surface area contributed by atoms with Crippen LogP contribution in [0, 0.1) is 21.4 Å². The normalized spacial score (nSPS) is 17.3. The zero-order valence-electron chi connectivity index (χ0n) is 15.5. The zero-order chi connectivity index (χ0) is 20.5. The highest BCUT2D eigenvalue weighted by molar-refractivity contribution is 6.14. The maximum atomic E-state index is 12.5. The number of non-ortho nitro benzene ring substituents is 1. The van der Waals surface area contributed by atoms with E-state index >= 15 is 0 Å². The Morgan fingerprint density at radius 2 is 2.10 bits per heavy atom. The second kappa shape index (κ2) is 7.33. The second-order valence-corrected chi connectivity index (χ2v) is 6.84. The van der Waals surface area contributed by atoms with E-state index in [4.69, 9.17) is 15.0 Å². The first-order valence-electron chi connectivity index (χ1n) is 8.96. The predicted molar refractivity (Wildman–Crippen MR) is 101 cm³/mol. The molecule has 0 aromatic heterocycles. The molecule has 2 aliphatic heterocycles.